The van der Waals surface area contributed by atoms with E-state index in [0.717, 1.165) is 35.4 Å². The lowest BCUT2D eigenvalue weighted by Gasteiger charge is -2.15. The van der Waals surface area contributed by atoms with Crippen molar-refractivity contribution in [2.45, 2.75) is 25.3 Å². The van der Waals surface area contributed by atoms with Crippen LogP contribution in [0.15, 0.2) is 30.5 Å². The molecule has 2 heterocycles. The maximum Gasteiger partial charge on any atom is 0.145 e. The summed E-state index contributed by atoms with van der Waals surface area (Å²) in [5, 5.41) is 3.46. The van der Waals surface area contributed by atoms with Crippen molar-refractivity contribution in [1.82, 2.24) is 14.9 Å². The summed E-state index contributed by atoms with van der Waals surface area (Å²) in [6.07, 6.45) is 5.98. The second kappa shape index (κ2) is 5.02. The number of fused-ring (bicyclic) bond motifs is 1. The van der Waals surface area contributed by atoms with Crippen LogP contribution in [0, 0.1) is 5.92 Å². The molecule has 0 spiro atoms. The van der Waals surface area contributed by atoms with E-state index in [2.05, 4.69) is 20.2 Å². The first-order valence-corrected chi connectivity index (χ1v) is 7.58. The minimum atomic E-state index is 0.754. The van der Waals surface area contributed by atoms with Crippen LogP contribution in [0.4, 0.5) is 5.82 Å². The van der Waals surface area contributed by atoms with Crippen LogP contribution >= 0.6 is 0 Å². The van der Waals surface area contributed by atoms with Gasteiger partial charge in [0.25, 0.3) is 0 Å². The van der Waals surface area contributed by atoms with Crippen molar-refractivity contribution in [3.63, 3.8) is 0 Å². The van der Waals surface area contributed by atoms with Gasteiger partial charge in [0.05, 0.1) is 17.2 Å². The summed E-state index contributed by atoms with van der Waals surface area (Å²) >= 11 is 0. The zero-order chi connectivity index (χ0) is 13.4. The van der Waals surface area contributed by atoms with Crippen LogP contribution in [-0.4, -0.2) is 40.5 Å². The minimum Gasteiger partial charge on any atom is -0.368 e. The monoisotopic (exact) mass is 268 g/mol. The maximum absolute atomic E-state index is 4.62. The minimum absolute atomic E-state index is 0.754. The Labute approximate surface area is 119 Å². The van der Waals surface area contributed by atoms with Gasteiger partial charge in [0, 0.05) is 19.1 Å². The number of rotatable bonds is 4. The van der Waals surface area contributed by atoms with Crippen molar-refractivity contribution in [2.24, 2.45) is 5.92 Å². The Bertz CT molecular complexity index is 608. The number of nitrogens with zero attached hydrogens (tertiary/aromatic N) is 3. The number of nitrogens with one attached hydrogen (secondary N) is 1. The van der Waals surface area contributed by atoms with Crippen LogP contribution in [0.3, 0.4) is 0 Å². The maximum atomic E-state index is 4.62. The third kappa shape index (κ3) is 2.48. The highest BCUT2D eigenvalue weighted by molar-refractivity contribution is 5.75. The molecule has 2 fully saturated rings. The van der Waals surface area contributed by atoms with Gasteiger partial charge in [-0.3, -0.25) is 4.98 Å². The fraction of sp³-hybridized carbons (Fsp3) is 0.500. The van der Waals surface area contributed by atoms with E-state index >= 15 is 0 Å². The van der Waals surface area contributed by atoms with Crippen LogP contribution in [0.1, 0.15) is 19.3 Å². The van der Waals surface area contributed by atoms with Crippen molar-refractivity contribution in [2.75, 3.05) is 25.0 Å². The van der Waals surface area contributed by atoms with Gasteiger partial charge in [0.2, 0.25) is 0 Å². The molecular formula is C16H20N4. The molecule has 1 saturated carbocycles. The molecule has 1 atom stereocenters. The van der Waals surface area contributed by atoms with Crippen molar-refractivity contribution >= 4 is 16.9 Å². The van der Waals surface area contributed by atoms with Gasteiger partial charge >= 0.3 is 0 Å². The largest absolute Gasteiger partial charge is 0.368 e. The SMILES string of the molecule is c1ccc2nc(NCC3CCN(C4CC4)C3)cnc2c1. The summed E-state index contributed by atoms with van der Waals surface area (Å²) in [4.78, 5) is 11.7. The molecule has 104 valence electrons. The molecule has 1 aliphatic heterocycles. The molecule has 2 aromatic rings. The van der Waals surface area contributed by atoms with Crippen molar-refractivity contribution in [3.8, 4) is 0 Å². The Kier molecular flexibility index (Phi) is 3.03. The number of anilines is 1. The molecule has 0 bridgehead atoms. The molecule has 20 heavy (non-hydrogen) atoms. The molecule has 2 aliphatic rings. The second-order valence-electron chi connectivity index (χ2n) is 6.01. The number of hydrogen-bond acceptors (Lipinski definition) is 4. The first-order chi connectivity index (χ1) is 9.88. The van der Waals surface area contributed by atoms with E-state index in [1.165, 1.54) is 32.4 Å². The van der Waals surface area contributed by atoms with Gasteiger partial charge in [0.1, 0.15) is 5.82 Å². The number of hydrogen-bond donors (Lipinski definition) is 1. The van der Waals surface area contributed by atoms with Crippen LogP contribution in [0.5, 0.6) is 0 Å². The molecule has 0 radical (unpaired) electrons. The van der Waals surface area contributed by atoms with E-state index < -0.39 is 0 Å². The van der Waals surface area contributed by atoms with Gasteiger partial charge in [-0.15, -0.1) is 0 Å². The first-order valence-electron chi connectivity index (χ1n) is 7.58. The molecule has 1 unspecified atom stereocenters. The highest BCUT2D eigenvalue weighted by atomic mass is 15.2. The lowest BCUT2D eigenvalue weighted by atomic mass is 10.1. The summed E-state index contributed by atoms with van der Waals surface area (Å²) in [5.74, 6) is 1.65. The molecular weight excluding hydrogens is 248 g/mol. The second-order valence-corrected chi connectivity index (χ2v) is 6.01. The Morgan fingerprint density at radius 1 is 1.15 bits per heavy atom. The van der Waals surface area contributed by atoms with Crippen LogP contribution < -0.4 is 5.32 Å². The zero-order valence-electron chi connectivity index (χ0n) is 11.6. The lowest BCUT2D eigenvalue weighted by Crippen LogP contribution is -2.24. The molecule has 1 aromatic carbocycles. The van der Waals surface area contributed by atoms with E-state index in [-0.39, 0.29) is 0 Å². The molecule has 4 heteroatoms. The zero-order valence-corrected chi connectivity index (χ0v) is 11.6. The molecule has 1 aliphatic carbocycles. The fourth-order valence-electron chi connectivity index (χ4n) is 3.09. The Balaban J connectivity index is 1.38. The van der Waals surface area contributed by atoms with Gasteiger partial charge in [-0.1, -0.05) is 12.1 Å². The van der Waals surface area contributed by atoms with E-state index in [1.807, 2.05) is 30.5 Å². The highest BCUT2D eigenvalue weighted by Gasteiger charge is 2.34. The van der Waals surface area contributed by atoms with Gasteiger partial charge in [-0.05, 0) is 43.9 Å². The Hall–Kier alpha value is -1.68. The summed E-state index contributed by atoms with van der Waals surface area (Å²) in [5.41, 5.74) is 1.92. The first kappa shape index (κ1) is 12.1. The summed E-state index contributed by atoms with van der Waals surface area (Å²) in [6, 6.07) is 8.91. The van der Waals surface area contributed by atoms with E-state index in [9.17, 15) is 0 Å². The van der Waals surface area contributed by atoms with E-state index in [0.29, 0.717) is 0 Å². The third-order valence-electron chi connectivity index (χ3n) is 4.40. The predicted octanol–water partition coefficient (Wildman–Crippen LogP) is 2.53. The smallest absolute Gasteiger partial charge is 0.145 e. The van der Waals surface area contributed by atoms with E-state index in [1.54, 1.807) is 0 Å². The molecule has 0 amide bonds. The number of likely N-dealkylation sites (tertiary alicyclic amines) is 1. The van der Waals surface area contributed by atoms with Gasteiger partial charge in [0.15, 0.2) is 0 Å². The average Bonchev–Trinajstić information content (AvgIpc) is 3.24. The molecule has 4 rings (SSSR count). The van der Waals surface area contributed by atoms with Crippen molar-refractivity contribution in [1.29, 1.82) is 0 Å². The Morgan fingerprint density at radius 3 is 2.85 bits per heavy atom. The van der Waals surface area contributed by atoms with Crippen LogP contribution in [0.2, 0.25) is 0 Å². The summed E-state index contributed by atoms with van der Waals surface area (Å²) in [7, 11) is 0. The molecule has 1 N–H and O–H groups in total. The quantitative estimate of drug-likeness (QED) is 0.925. The molecule has 1 saturated heterocycles. The summed E-state index contributed by atoms with van der Waals surface area (Å²) < 4.78 is 0. The lowest BCUT2D eigenvalue weighted by molar-refractivity contribution is 0.316. The standard InChI is InChI=1S/C16H20N4/c1-2-4-15-14(3-1)17-10-16(19-15)18-9-12-7-8-20(11-12)13-5-6-13/h1-4,10,12-13H,5-9,11H2,(H,18,19). The highest BCUT2D eigenvalue weighted by Crippen LogP contribution is 2.31. The van der Waals surface area contributed by atoms with Gasteiger partial charge in [-0.2, -0.15) is 0 Å². The molecule has 4 nitrogen and oxygen atoms in total. The third-order valence-corrected chi connectivity index (χ3v) is 4.40. The van der Waals surface area contributed by atoms with Crippen molar-refractivity contribution < 1.29 is 0 Å². The fourth-order valence-corrected chi connectivity index (χ4v) is 3.09. The van der Waals surface area contributed by atoms with Crippen molar-refractivity contribution in [3.05, 3.63) is 30.5 Å². The number of aromatic nitrogens is 2. The Morgan fingerprint density at radius 2 is 2.00 bits per heavy atom. The summed E-state index contributed by atoms with van der Waals surface area (Å²) in [6.45, 7) is 3.54. The van der Waals surface area contributed by atoms with Gasteiger partial charge in [-0.25, -0.2) is 4.98 Å². The normalized spacial score (nSPS) is 23.3. The van der Waals surface area contributed by atoms with Gasteiger partial charge < -0.3 is 10.2 Å². The van der Waals surface area contributed by atoms with E-state index in [4.69, 9.17) is 0 Å². The number of benzene rings is 1. The predicted molar refractivity (Wildman–Crippen MR) is 80.7 cm³/mol. The average molecular weight is 268 g/mol. The molecule has 1 aromatic heterocycles. The number of para-hydroxylation sites is 2. The van der Waals surface area contributed by atoms with Crippen LogP contribution in [0.25, 0.3) is 11.0 Å². The topological polar surface area (TPSA) is 41.1 Å². The van der Waals surface area contributed by atoms with Crippen LogP contribution in [-0.2, 0) is 0 Å².